The fraction of sp³-hybridized carbons (Fsp3) is 0.421. The second kappa shape index (κ2) is 26.0. The lowest BCUT2D eigenvalue weighted by Gasteiger charge is -2.26. The van der Waals surface area contributed by atoms with Gasteiger partial charge in [-0.3, -0.25) is 20.8 Å². The van der Waals surface area contributed by atoms with E-state index in [1.807, 2.05) is 20.8 Å². The average Bonchev–Trinajstić information content (AvgIpc) is 3.27. The van der Waals surface area contributed by atoms with Crippen LogP contribution in [0, 0.1) is 0 Å². The van der Waals surface area contributed by atoms with E-state index in [0.717, 1.165) is 5.56 Å². The lowest BCUT2D eigenvalue weighted by molar-refractivity contribution is -0.493. The number of methoxy groups -OCH3 is 1. The van der Waals surface area contributed by atoms with E-state index in [-0.39, 0.29) is 86.3 Å². The van der Waals surface area contributed by atoms with Crippen LogP contribution in [0.25, 0.3) is 11.6 Å². The molecule has 0 unspecified atom stereocenters. The van der Waals surface area contributed by atoms with Crippen LogP contribution in [0.15, 0.2) is 71.9 Å². The number of hydrogen-bond acceptors (Lipinski definition) is 25. The fourth-order valence-corrected chi connectivity index (χ4v) is 6.26. The molecule has 0 aliphatic rings. The van der Waals surface area contributed by atoms with Crippen molar-refractivity contribution in [3.8, 4) is 34.8 Å². The number of rotatable bonds is 27. The minimum Gasteiger partial charge on any atom is -0.493 e. The molecule has 4 aromatic rings. The number of benzene rings is 2. The number of nitrogens with zero attached hydrogens (tertiary/aromatic N) is 7. The van der Waals surface area contributed by atoms with Crippen LogP contribution >= 0.6 is 0 Å². The third kappa shape index (κ3) is 17.1. The summed E-state index contributed by atoms with van der Waals surface area (Å²) >= 11 is 0. The molecule has 4 rings (SSSR count). The summed E-state index contributed by atoms with van der Waals surface area (Å²) in [6.45, 7) is 2.48. The standard InChI is InChI=1S/C38H49N7O19S/c1-38(2,3)27-10-12-28(13-11-27)65(52,53)43(26-61-37(47)59-21-17-56-19-25-63-45(50)51)34-31(64-30-9-6-5-8-29(30)54-4)35(42-33(41-34)32-39-14-7-15-40-32)57-22-23-60-36(46)58-20-16-55-18-24-62-44(48)49/h5-15,48-51H,16-26H2,1-4H3. The molecular weight excluding hydrogens is 891 g/mol. The van der Waals surface area contributed by atoms with Crippen LogP contribution in [0.3, 0.4) is 0 Å². The minimum atomic E-state index is -4.77. The van der Waals surface area contributed by atoms with Crippen LogP contribution in [0.1, 0.15) is 26.3 Å². The largest absolute Gasteiger partial charge is 0.510 e. The molecule has 4 N–H and O–H groups in total. The Labute approximate surface area is 372 Å². The van der Waals surface area contributed by atoms with Crippen molar-refractivity contribution in [3.05, 3.63) is 72.6 Å². The third-order valence-corrected chi connectivity index (χ3v) is 9.74. The Hall–Kier alpha value is -6.11. The molecule has 0 fully saturated rings. The van der Waals surface area contributed by atoms with Crippen molar-refractivity contribution in [1.29, 1.82) is 0 Å². The normalized spacial score (nSPS) is 11.6. The fourth-order valence-electron chi connectivity index (χ4n) is 4.99. The summed E-state index contributed by atoms with van der Waals surface area (Å²) in [7, 11) is -3.39. The summed E-state index contributed by atoms with van der Waals surface area (Å²) in [4.78, 5) is 51.1. The van der Waals surface area contributed by atoms with Crippen LogP contribution in [0.5, 0.6) is 23.1 Å². The summed E-state index contributed by atoms with van der Waals surface area (Å²) in [5.74, 6) is -1.56. The zero-order valence-electron chi connectivity index (χ0n) is 35.6. The number of hydrogen-bond donors (Lipinski definition) is 4. The highest BCUT2D eigenvalue weighted by molar-refractivity contribution is 7.92. The Morgan fingerprint density at radius 2 is 1.18 bits per heavy atom. The molecule has 2 aromatic carbocycles. The average molecular weight is 940 g/mol. The molecule has 0 aliphatic heterocycles. The number of anilines is 1. The summed E-state index contributed by atoms with van der Waals surface area (Å²) < 4.78 is 78.8. The first kappa shape index (κ1) is 51.5. The van der Waals surface area contributed by atoms with Crippen molar-refractivity contribution in [1.82, 2.24) is 30.7 Å². The topological polar surface area (TPSA) is 312 Å². The van der Waals surface area contributed by atoms with Gasteiger partial charge in [-0.2, -0.15) is 4.98 Å². The Morgan fingerprint density at radius 1 is 0.646 bits per heavy atom. The highest BCUT2D eigenvalue weighted by Crippen LogP contribution is 2.43. The molecule has 2 heterocycles. The van der Waals surface area contributed by atoms with Gasteiger partial charge in [-0.25, -0.2) is 46.9 Å². The van der Waals surface area contributed by atoms with E-state index in [2.05, 4.69) is 29.6 Å². The van der Waals surface area contributed by atoms with Gasteiger partial charge in [0.15, 0.2) is 29.9 Å². The summed E-state index contributed by atoms with van der Waals surface area (Å²) in [6.07, 6.45) is 0.349. The molecule has 0 saturated heterocycles. The van der Waals surface area contributed by atoms with Crippen LogP contribution in [-0.2, 0) is 53.5 Å². The van der Waals surface area contributed by atoms with Gasteiger partial charge in [0.25, 0.3) is 15.9 Å². The molecule has 27 heteroatoms. The highest BCUT2D eigenvalue weighted by atomic mass is 32.2. The van der Waals surface area contributed by atoms with Gasteiger partial charge in [0, 0.05) is 12.4 Å². The van der Waals surface area contributed by atoms with Crippen molar-refractivity contribution in [2.75, 3.05) is 84.2 Å². The van der Waals surface area contributed by atoms with E-state index in [0.29, 0.717) is 4.31 Å². The molecule has 2 aromatic heterocycles. The van der Waals surface area contributed by atoms with Crippen molar-refractivity contribution in [2.45, 2.75) is 31.1 Å². The van der Waals surface area contributed by atoms with Gasteiger partial charge in [-0.15, -0.1) is 0 Å². The van der Waals surface area contributed by atoms with Crippen LogP contribution in [0.2, 0.25) is 0 Å². The number of carbonyl (C=O) groups is 2. The van der Waals surface area contributed by atoms with Gasteiger partial charge in [-0.1, -0.05) is 45.0 Å². The molecule has 0 saturated carbocycles. The molecule has 0 amide bonds. The molecule has 0 radical (unpaired) electrons. The zero-order chi connectivity index (χ0) is 47.2. The predicted octanol–water partition coefficient (Wildman–Crippen LogP) is 3.93. The van der Waals surface area contributed by atoms with E-state index in [1.165, 1.54) is 43.8 Å². The van der Waals surface area contributed by atoms with Crippen molar-refractivity contribution in [3.63, 3.8) is 0 Å². The maximum absolute atomic E-state index is 14.8. The number of carbonyl (C=O) groups excluding carboxylic acids is 2. The van der Waals surface area contributed by atoms with Crippen LogP contribution < -0.4 is 18.5 Å². The maximum atomic E-state index is 14.8. The Bertz CT molecular complexity index is 2180. The van der Waals surface area contributed by atoms with Crippen molar-refractivity contribution >= 4 is 28.2 Å². The van der Waals surface area contributed by atoms with Gasteiger partial charge >= 0.3 is 12.3 Å². The molecule has 0 bridgehead atoms. The van der Waals surface area contributed by atoms with Crippen molar-refractivity contribution in [2.24, 2.45) is 0 Å². The van der Waals surface area contributed by atoms with Gasteiger partial charge < -0.3 is 42.6 Å². The van der Waals surface area contributed by atoms with Gasteiger partial charge in [0.05, 0.1) is 62.4 Å². The monoisotopic (exact) mass is 939 g/mol. The molecule has 356 valence electrons. The first-order chi connectivity index (χ1) is 31.1. The van der Waals surface area contributed by atoms with Gasteiger partial charge in [0.1, 0.15) is 26.4 Å². The van der Waals surface area contributed by atoms with Crippen LogP contribution in [-0.4, -0.2) is 152 Å². The second-order valence-electron chi connectivity index (χ2n) is 13.5. The third-order valence-electron chi connectivity index (χ3n) is 8.01. The second-order valence-corrected chi connectivity index (χ2v) is 15.4. The number of sulfonamides is 1. The number of aromatic nitrogens is 4. The van der Waals surface area contributed by atoms with E-state index in [9.17, 15) is 18.0 Å². The first-order valence-corrected chi connectivity index (χ1v) is 20.7. The SMILES string of the molecule is COc1ccccc1Oc1c(OCCOC(=O)OCCOCCON(O)O)nc(-c2ncccn2)nc1N(COC(=O)OCCOCCON(O)O)S(=O)(=O)c1ccc(C(C)(C)C)cc1. The van der Waals surface area contributed by atoms with E-state index >= 15 is 0 Å². The molecule has 0 aliphatic carbocycles. The van der Waals surface area contributed by atoms with Crippen LogP contribution in [0.4, 0.5) is 15.4 Å². The predicted molar refractivity (Wildman–Crippen MR) is 215 cm³/mol. The highest BCUT2D eigenvalue weighted by Gasteiger charge is 2.35. The molecular formula is C38H49N7O19S. The summed E-state index contributed by atoms with van der Waals surface area (Å²) in [5.41, 5.74) is 0.464. The first-order valence-electron chi connectivity index (χ1n) is 19.2. The van der Waals surface area contributed by atoms with Crippen molar-refractivity contribution < 1.29 is 91.1 Å². The van der Waals surface area contributed by atoms with Gasteiger partial charge in [0.2, 0.25) is 11.6 Å². The van der Waals surface area contributed by atoms with E-state index < -0.39 is 70.5 Å². The minimum absolute atomic E-state index is 0.0374. The molecule has 0 spiro atoms. The molecule has 65 heavy (non-hydrogen) atoms. The zero-order valence-corrected chi connectivity index (χ0v) is 36.4. The molecule has 26 nitrogen and oxygen atoms in total. The smallest absolute Gasteiger partial charge is 0.493 e. The lowest BCUT2D eigenvalue weighted by atomic mass is 9.87. The summed E-state index contributed by atoms with van der Waals surface area (Å²) in [6, 6.07) is 13.8. The van der Waals surface area contributed by atoms with E-state index in [1.54, 1.807) is 30.3 Å². The quantitative estimate of drug-likeness (QED) is 0.0285. The maximum Gasteiger partial charge on any atom is 0.510 e. The summed E-state index contributed by atoms with van der Waals surface area (Å²) in [5, 5.41) is 33.4. The lowest BCUT2D eigenvalue weighted by Crippen LogP contribution is -2.36. The Balaban J connectivity index is 1.72. The van der Waals surface area contributed by atoms with Gasteiger partial charge in [-0.05, 0) is 41.3 Å². The van der Waals surface area contributed by atoms with E-state index in [4.69, 9.17) is 63.5 Å². The number of para-hydroxylation sites is 2. The Kier molecular flexibility index (Phi) is 20.6. The Morgan fingerprint density at radius 3 is 1.74 bits per heavy atom. The molecule has 0 atom stereocenters. The number of ether oxygens (including phenoxy) is 9.